The fourth-order valence-corrected chi connectivity index (χ4v) is 2.87. The number of hydrogen-bond acceptors (Lipinski definition) is 3. The fourth-order valence-electron chi connectivity index (χ4n) is 2.87. The molecule has 1 aromatic rings. The number of aromatic nitrogens is 1. The molecule has 1 heterocycles. The van der Waals surface area contributed by atoms with Gasteiger partial charge in [-0.2, -0.15) is 0 Å². The van der Waals surface area contributed by atoms with Gasteiger partial charge >= 0.3 is 0 Å². The predicted octanol–water partition coefficient (Wildman–Crippen LogP) is 3.21. The quantitative estimate of drug-likeness (QED) is 0.843. The van der Waals surface area contributed by atoms with Gasteiger partial charge in [0.2, 0.25) is 0 Å². The van der Waals surface area contributed by atoms with Crippen LogP contribution in [0, 0.1) is 18.8 Å². The van der Waals surface area contributed by atoms with Crippen LogP contribution in [0.3, 0.4) is 0 Å². The Morgan fingerprint density at radius 1 is 1.41 bits per heavy atom. The lowest BCUT2D eigenvalue weighted by molar-refractivity contribution is 0.391. The van der Waals surface area contributed by atoms with Gasteiger partial charge in [-0.15, -0.1) is 0 Å². The number of nitrogens with one attached hydrogen (secondary N) is 1. The van der Waals surface area contributed by atoms with E-state index in [2.05, 4.69) is 24.1 Å². The molecule has 0 aliphatic heterocycles. The molecule has 2 rings (SSSR count). The van der Waals surface area contributed by atoms with E-state index in [1.54, 1.807) is 0 Å². The maximum atomic E-state index is 5.78. The van der Waals surface area contributed by atoms with Crippen LogP contribution in [0.25, 0.3) is 0 Å². The van der Waals surface area contributed by atoms with E-state index in [0.29, 0.717) is 6.04 Å². The monoisotopic (exact) mass is 233 g/mol. The number of nitrogen functional groups attached to an aromatic ring is 1. The van der Waals surface area contributed by atoms with Crippen molar-refractivity contribution in [2.45, 2.75) is 46.1 Å². The molecule has 1 aliphatic carbocycles. The summed E-state index contributed by atoms with van der Waals surface area (Å²) in [5.74, 6) is 2.56. The van der Waals surface area contributed by atoms with E-state index in [-0.39, 0.29) is 0 Å². The second-order valence-corrected chi connectivity index (χ2v) is 5.23. The molecule has 3 N–H and O–H groups in total. The Kier molecular flexibility index (Phi) is 3.55. The molecule has 0 amide bonds. The molecule has 1 aliphatic rings. The van der Waals surface area contributed by atoms with Crippen LogP contribution in [0.4, 0.5) is 11.5 Å². The zero-order valence-corrected chi connectivity index (χ0v) is 11.0. The van der Waals surface area contributed by atoms with Gasteiger partial charge in [-0.3, -0.25) is 0 Å². The summed E-state index contributed by atoms with van der Waals surface area (Å²) in [6.07, 6.45) is 3.88. The lowest BCUT2D eigenvalue weighted by Crippen LogP contribution is -2.25. The average Bonchev–Trinajstić information content (AvgIpc) is 2.65. The summed E-state index contributed by atoms with van der Waals surface area (Å²) >= 11 is 0. The standard InChI is InChI=1S/C14H23N3/c1-4-11-5-7-13(9(11)2)17-14-8-6-12(15)10(3)16-14/h6,8-9,11,13H,4-5,7,15H2,1-3H3,(H,16,17). The van der Waals surface area contributed by atoms with Gasteiger partial charge in [0.05, 0.1) is 11.4 Å². The summed E-state index contributed by atoms with van der Waals surface area (Å²) in [6.45, 7) is 6.59. The Bertz CT molecular complexity index is 389. The first-order chi connectivity index (χ1) is 8.11. The minimum absolute atomic E-state index is 0.565. The first kappa shape index (κ1) is 12.2. The molecule has 1 aromatic heterocycles. The summed E-state index contributed by atoms with van der Waals surface area (Å²) in [6, 6.07) is 4.48. The maximum absolute atomic E-state index is 5.78. The van der Waals surface area contributed by atoms with Crippen molar-refractivity contribution in [1.82, 2.24) is 4.98 Å². The van der Waals surface area contributed by atoms with E-state index in [1.165, 1.54) is 19.3 Å². The molecule has 3 atom stereocenters. The fraction of sp³-hybridized carbons (Fsp3) is 0.643. The second-order valence-electron chi connectivity index (χ2n) is 5.23. The van der Waals surface area contributed by atoms with E-state index in [1.807, 2.05) is 19.1 Å². The summed E-state index contributed by atoms with van der Waals surface area (Å²) in [5, 5.41) is 3.56. The van der Waals surface area contributed by atoms with E-state index in [4.69, 9.17) is 5.73 Å². The molecule has 0 bridgehead atoms. The van der Waals surface area contributed by atoms with Crippen LogP contribution in [-0.2, 0) is 0 Å². The van der Waals surface area contributed by atoms with Crippen LogP contribution in [-0.4, -0.2) is 11.0 Å². The molecule has 1 saturated carbocycles. The number of pyridine rings is 1. The summed E-state index contributed by atoms with van der Waals surface area (Å²) < 4.78 is 0. The van der Waals surface area contributed by atoms with Gasteiger partial charge in [-0.1, -0.05) is 20.3 Å². The SMILES string of the molecule is CCC1CCC(Nc2ccc(N)c(C)n2)C1C. The van der Waals surface area contributed by atoms with Crippen LogP contribution in [0.2, 0.25) is 0 Å². The Hall–Kier alpha value is -1.25. The topological polar surface area (TPSA) is 50.9 Å². The lowest BCUT2D eigenvalue weighted by Gasteiger charge is -2.21. The summed E-state index contributed by atoms with van der Waals surface area (Å²) in [7, 11) is 0. The van der Waals surface area contributed by atoms with Crippen LogP contribution in [0.15, 0.2) is 12.1 Å². The summed E-state index contributed by atoms with van der Waals surface area (Å²) in [5.41, 5.74) is 7.45. The molecule has 0 aromatic carbocycles. The zero-order chi connectivity index (χ0) is 12.4. The third-order valence-corrected chi connectivity index (χ3v) is 4.21. The van der Waals surface area contributed by atoms with Crippen LogP contribution >= 0.6 is 0 Å². The van der Waals surface area contributed by atoms with Gasteiger partial charge in [0.15, 0.2) is 0 Å². The predicted molar refractivity (Wildman–Crippen MR) is 73.0 cm³/mol. The smallest absolute Gasteiger partial charge is 0.126 e. The summed E-state index contributed by atoms with van der Waals surface area (Å²) in [4.78, 5) is 4.49. The van der Waals surface area contributed by atoms with Crippen molar-refractivity contribution in [1.29, 1.82) is 0 Å². The van der Waals surface area contributed by atoms with Gasteiger partial charge in [0, 0.05) is 6.04 Å². The molecule has 17 heavy (non-hydrogen) atoms. The molecule has 94 valence electrons. The normalized spacial score (nSPS) is 28.3. The molecule has 3 heteroatoms. The van der Waals surface area contributed by atoms with Crippen LogP contribution in [0.5, 0.6) is 0 Å². The number of nitrogens with two attached hydrogens (primary N) is 1. The molecular weight excluding hydrogens is 210 g/mol. The Morgan fingerprint density at radius 3 is 2.76 bits per heavy atom. The van der Waals surface area contributed by atoms with Crippen molar-refractivity contribution in [2.75, 3.05) is 11.1 Å². The van der Waals surface area contributed by atoms with Crippen LogP contribution < -0.4 is 11.1 Å². The van der Waals surface area contributed by atoms with E-state index < -0.39 is 0 Å². The first-order valence-electron chi connectivity index (χ1n) is 6.61. The van der Waals surface area contributed by atoms with Gasteiger partial charge in [0.25, 0.3) is 0 Å². The molecule has 0 saturated heterocycles. The number of rotatable bonds is 3. The number of anilines is 2. The molecule has 1 fully saturated rings. The largest absolute Gasteiger partial charge is 0.397 e. The Balaban J connectivity index is 2.04. The average molecular weight is 233 g/mol. The molecule has 0 spiro atoms. The van der Waals surface area contributed by atoms with E-state index in [9.17, 15) is 0 Å². The molecule has 0 radical (unpaired) electrons. The van der Waals surface area contributed by atoms with Gasteiger partial charge in [0.1, 0.15) is 5.82 Å². The second kappa shape index (κ2) is 4.94. The minimum Gasteiger partial charge on any atom is -0.397 e. The van der Waals surface area contributed by atoms with Crippen molar-refractivity contribution >= 4 is 11.5 Å². The highest BCUT2D eigenvalue weighted by Gasteiger charge is 2.31. The molecule has 3 unspecified atom stereocenters. The highest BCUT2D eigenvalue weighted by molar-refractivity contribution is 5.49. The third kappa shape index (κ3) is 2.54. The number of nitrogens with zero attached hydrogens (tertiary/aromatic N) is 1. The minimum atomic E-state index is 0.565. The van der Waals surface area contributed by atoms with E-state index >= 15 is 0 Å². The number of hydrogen-bond donors (Lipinski definition) is 2. The van der Waals surface area contributed by atoms with Gasteiger partial charge in [-0.25, -0.2) is 4.98 Å². The van der Waals surface area contributed by atoms with Crippen molar-refractivity contribution in [3.8, 4) is 0 Å². The number of aryl methyl sites for hydroxylation is 1. The molecular formula is C14H23N3. The van der Waals surface area contributed by atoms with E-state index in [0.717, 1.165) is 29.0 Å². The van der Waals surface area contributed by atoms with Crippen LogP contribution in [0.1, 0.15) is 38.8 Å². The highest BCUT2D eigenvalue weighted by Crippen LogP contribution is 2.35. The Labute approximate surface area is 104 Å². The Morgan fingerprint density at radius 2 is 2.18 bits per heavy atom. The highest BCUT2D eigenvalue weighted by atomic mass is 15.0. The maximum Gasteiger partial charge on any atom is 0.126 e. The zero-order valence-electron chi connectivity index (χ0n) is 11.0. The van der Waals surface area contributed by atoms with Crippen molar-refractivity contribution in [3.05, 3.63) is 17.8 Å². The first-order valence-corrected chi connectivity index (χ1v) is 6.61. The molecule has 3 nitrogen and oxygen atoms in total. The third-order valence-electron chi connectivity index (χ3n) is 4.21. The van der Waals surface area contributed by atoms with Crippen molar-refractivity contribution in [3.63, 3.8) is 0 Å². The lowest BCUT2D eigenvalue weighted by atomic mass is 9.93. The van der Waals surface area contributed by atoms with Crippen molar-refractivity contribution < 1.29 is 0 Å². The van der Waals surface area contributed by atoms with Gasteiger partial charge in [-0.05, 0) is 43.7 Å². The van der Waals surface area contributed by atoms with Crippen molar-refractivity contribution in [2.24, 2.45) is 11.8 Å². The van der Waals surface area contributed by atoms with Gasteiger partial charge < -0.3 is 11.1 Å².